The van der Waals surface area contributed by atoms with Crippen LogP contribution in [0.2, 0.25) is 0 Å². The van der Waals surface area contributed by atoms with E-state index in [-0.39, 0.29) is 18.9 Å². The van der Waals surface area contributed by atoms with E-state index in [1.807, 2.05) is 85.4 Å². The molecule has 0 radical (unpaired) electrons. The molecule has 50 heavy (non-hydrogen) atoms. The summed E-state index contributed by atoms with van der Waals surface area (Å²) in [5.41, 5.74) is 11.9. The molecular weight excluding hydrogens is 639 g/mol. The first-order valence-electron chi connectivity index (χ1n) is 15.6. The number of nitrogens with one attached hydrogen (secondary N) is 2. The van der Waals surface area contributed by atoms with Crippen LogP contribution in [0.15, 0.2) is 131 Å². The molecule has 0 fully saturated rings. The summed E-state index contributed by atoms with van der Waals surface area (Å²) in [7, 11) is 3.79. The van der Waals surface area contributed by atoms with E-state index in [0.717, 1.165) is 29.1 Å². The largest absolute Gasteiger partial charge is 0.461 e. The number of likely N-dealkylation sites (N-methyl/N-ethyl adjacent to an activating group) is 2. The van der Waals surface area contributed by atoms with Gasteiger partial charge in [-0.3, -0.25) is 5.43 Å². The number of ether oxygens (including phenoxy) is 2. The van der Waals surface area contributed by atoms with Gasteiger partial charge < -0.3 is 24.7 Å². The van der Waals surface area contributed by atoms with Crippen LogP contribution in [0.25, 0.3) is 0 Å². The van der Waals surface area contributed by atoms with Crippen LogP contribution < -0.4 is 20.7 Å². The van der Waals surface area contributed by atoms with E-state index in [9.17, 15) is 14.0 Å². The fourth-order valence-electron chi connectivity index (χ4n) is 4.37. The van der Waals surface area contributed by atoms with Gasteiger partial charge in [0.25, 0.3) is 0 Å². The maximum atomic E-state index is 14.9. The van der Waals surface area contributed by atoms with Gasteiger partial charge in [-0.05, 0) is 91.3 Å². The molecule has 0 aliphatic carbocycles. The molecule has 0 aromatic heterocycles. The number of halogens is 1. The molecule has 0 unspecified atom stereocenters. The minimum Gasteiger partial charge on any atom is -0.461 e. The number of azo groups is 2. The second-order valence-electron chi connectivity index (χ2n) is 10.9. The summed E-state index contributed by atoms with van der Waals surface area (Å²) >= 11 is 0. The summed E-state index contributed by atoms with van der Waals surface area (Å²) in [5, 5.41) is 17.1. The lowest BCUT2D eigenvalue weighted by atomic mass is 10.2. The predicted molar refractivity (Wildman–Crippen MR) is 195 cm³/mol. The Morgan fingerprint density at radius 2 is 1.20 bits per heavy atom. The molecule has 0 saturated carbocycles. The van der Waals surface area contributed by atoms with Gasteiger partial charge in [0.15, 0.2) is 0 Å². The number of nitrogens with zero attached hydrogens (tertiary/aromatic N) is 6. The van der Waals surface area contributed by atoms with Crippen LogP contribution in [-0.4, -0.2) is 52.3 Å². The zero-order valence-corrected chi connectivity index (χ0v) is 28.2. The van der Waals surface area contributed by atoms with E-state index in [2.05, 4.69) is 44.5 Å². The van der Waals surface area contributed by atoms with E-state index in [1.54, 1.807) is 24.3 Å². The summed E-state index contributed by atoms with van der Waals surface area (Å²) in [5.74, 6) is -1.41. The molecule has 4 aromatic rings. The molecule has 4 aromatic carbocycles. The fraction of sp³-hybridized carbons (Fsp3) is 0.189. The van der Waals surface area contributed by atoms with Crippen molar-refractivity contribution in [3.63, 3.8) is 0 Å². The van der Waals surface area contributed by atoms with Gasteiger partial charge in [-0.1, -0.05) is 13.2 Å². The maximum Gasteiger partial charge on any atom is 0.330 e. The Morgan fingerprint density at radius 1 is 0.700 bits per heavy atom. The van der Waals surface area contributed by atoms with Gasteiger partial charge in [0.2, 0.25) is 0 Å². The van der Waals surface area contributed by atoms with Crippen molar-refractivity contribution in [1.82, 2.24) is 0 Å². The first kappa shape index (κ1) is 36.5. The number of benzene rings is 4. The Morgan fingerprint density at radius 3 is 1.70 bits per heavy atom. The second kappa shape index (κ2) is 18.2. The SMILES string of the molecule is C=CC(=O)OCCN(C)c1ccc(/N=N/c2ccc(NNc3ccc(/N=N/c4ccc(N(C)CCOC(=O)C=C)cc4)c(C)c3)c(F)c2)cc1. The van der Waals surface area contributed by atoms with Crippen molar-refractivity contribution in [2.24, 2.45) is 20.5 Å². The number of anilines is 4. The van der Waals surface area contributed by atoms with Crippen molar-refractivity contribution in [3.8, 4) is 0 Å². The highest BCUT2D eigenvalue weighted by Crippen LogP contribution is 2.28. The Bertz CT molecular complexity index is 1850. The molecule has 12 nitrogen and oxygen atoms in total. The molecule has 0 aliphatic heterocycles. The van der Waals surface area contributed by atoms with Crippen molar-refractivity contribution in [2.45, 2.75) is 6.92 Å². The standard InChI is InChI=1S/C37H39FN8O4/c1-6-36(47)49-22-20-45(4)31-14-8-27(9-15-31)39-41-30-13-19-35(33(38)25-30)44-42-29-12-18-34(26(3)24-29)43-40-28-10-16-32(17-11-28)46(5)21-23-50-37(48)7-2/h6-19,24-25,42,44H,1-2,20-23H2,3-5H3/b41-39+,43-40+. The van der Waals surface area contributed by atoms with Crippen molar-refractivity contribution in [1.29, 1.82) is 0 Å². The Labute approximate surface area is 290 Å². The molecule has 0 bridgehead atoms. The molecule has 258 valence electrons. The van der Waals surface area contributed by atoms with Crippen LogP contribution in [0, 0.1) is 12.7 Å². The third kappa shape index (κ3) is 11.1. The molecule has 0 saturated heterocycles. The number of esters is 2. The molecule has 0 atom stereocenters. The summed E-state index contributed by atoms with van der Waals surface area (Å²) in [4.78, 5) is 26.3. The summed E-state index contributed by atoms with van der Waals surface area (Å²) in [6.45, 7) is 10.2. The van der Waals surface area contributed by atoms with Crippen LogP contribution in [0.4, 0.5) is 49.9 Å². The molecule has 2 N–H and O–H groups in total. The topological polar surface area (TPSA) is 133 Å². The first-order valence-corrected chi connectivity index (χ1v) is 15.6. The summed E-state index contributed by atoms with van der Waals surface area (Å²) in [6, 6.07) is 24.9. The zero-order valence-electron chi connectivity index (χ0n) is 28.2. The molecule has 0 amide bonds. The van der Waals surface area contributed by atoms with Crippen molar-refractivity contribution >= 4 is 57.4 Å². The number of hydrazine groups is 1. The van der Waals surface area contributed by atoms with E-state index in [1.165, 1.54) is 6.07 Å². The van der Waals surface area contributed by atoms with Crippen LogP contribution in [0.5, 0.6) is 0 Å². The second-order valence-corrected chi connectivity index (χ2v) is 10.9. The number of carbonyl (C=O) groups excluding carboxylic acids is 2. The highest BCUT2D eigenvalue weighted by Gasteiger charge is 2.07. The minimum atomic E-state index is -0.501. The number of rotatable bonds is 17. The van der Waals surface area contributed by atoms with E-state index in [4.69, 9.17) is 9.47 Å². The Balaban J connectivity index is 1.26. The molecule has 0 aliphatic rings. The number of aryl methyl sites for hydroxylation is 1. The molecule has 0 spiro atoms. The monoisotopic (exact) mass is 678 g/mol. The molecule has 13 heteroatoms. The molecule has 4 rings (SSSR count). The van der Waals surface area contributed by atoms with Gasteiger partial charge in [-0.15, -0.1) is 0 Å². The molecule has 0 heterocycles. The Kier molecular flexibility index (Phi) is 13.3. The normalized spacial score (nSPS) is 10.9. The van der Waals surface area contributed by atoms with Gasteiger partial charge in [-0.2, -0.15) is 20.5 Å². The number of carbonyl (C=O) groups is 2. The average molecular weight is 679 g/mol. The van der Waals surface area contributed by atoms with Gasteiger partial charge in [-0.25, -0.2) is 14.0 Å². The molecular formula is C37H39FN8O4. The summed E-state index contributed by atoms with van der Waals surface area (Å²) < 4.78 is 24.9. The minimum absolute atomic E-state index is 0.239. The van der Waals surface area contributed by atoms with Crippen LogP contribution >= 0.6 is 0 Å². The van der Waals surface area contributed by atoms with Crippen LogP contribution in [0.3, 0.4) is 0 Å². The number of hydrogen-bond donors (Lipinski definition) is 2. The van der Waals surface area contributed by atoms with Crippen LogP contribution in [0.1, 0.15) is 5.56 Å². The summed E-state index contributed by atoms with van der Waals surface area (Å²) in [6.07, 6.45) is 2.27. The fourth-order valence-corrected chi connectivity index (χ4v) is 4.37. The quantitative estimate of drug-likeness (QED) is 0.0490. The van der Waals surface area contributed by atoms with E-state index in [0.29, 0.717) is 41.5 Å². The van der Waals surface area contributed by atoms with Crippen molar-refractivity contribution in [3.05, 3.63) is 122 Å². The van der Waals surface area contributed by atoms with Gasteiger partial charge in [0, 0.05) is 43.7 Å². The smallest absolute Gasteiger partial charge is 0.330 e. The van der Waals surface area contributed by atoms with Crippen molar-refractivity contribution in [2.75, 3.05) is 61.1 Å². The van der Waals surface area contributed by atoms with Gasteiger partial charge >= 0.3 is 11.9 Å². The maximum absolute atomic E-state index is 14.9. The highest BCUT2D eigenvalue weighted by molar-refractivity contribution is 5.81. The highest BCUT2D eigenvalue weighted by atomic mass is 19.1. The average Bonchev–Trinajstić information content (AvgIpc) is 3.13. The van der Waals surface area contributed by atoms with Crippen molar-refractivity contribution < 1.29 is 23.5 Å². The number of hydrogen-bond acceptors (Lipinski definition) is 12. The third-order valence-corrected chi connectivity index (χ3v) is 7.30. The van der Waals surface area contributed by atoms with Crippen LogP contribution in [-0.2, 0) is 19.1 Å². The Hall–Kier alpha value is -6.37. The third-order valence-electron chi connectivity index (χ3n) is 7.30. The first-order chi connectivity index (χ1) is 24.1. The van der Waals surface area contributed by atoms with E-state index < -0.39 is 17.8 Å². The zero-order chi connectivity index (χ0) is 35.9. The van der Waals surface area contributed by atoms with E-state index >= 15 is 0 Å². The lowest BCUT2D eigenvalue weighted by Gasteiger charge is -2.18. The predicted octanol–water partition coefficient (Wildman–Crippen LogP) is 8.73. The lowest BCUT2D eigenvalue weighted by molar-refractivity contribution is -0.138. The lowest BCUT2D eigenvalue weighted by Crippen LogP contribution is -2.23. The van der Waals surface area contributed by atoms with Gasteiger partial charge in [0.1, 0.15) is 19.0 Å². The van der Waals surface area contributed by atoms with Gasteiger partial charge in [0.05, 0.1) is 47.2 Å².